The minimum atomic E-state index is -0.452. The molecule has 1 aromatic carbocycles. The van der Waals surface area contributed by atoms with Gasteiger partial charge in [0.1, 0.15) is 6.61 Å². The molecule has 2 N–H and O–H groups in total. The van der Waals surface area contributed by atoms with Gasteiger partial charge in [-0.25, -0.2) is 4.79 Å². The van der Waals surface area contributed by atoms with E-state index >= 15 is 0 Å². The second kappa shape index (κ2) is 11.6. The Bertz CT molecular complexity index is 571. The Morgan fingerprint density at radius 1 is 1.19 bits per heavy atom. The highest BCUT2D eigenvalue weighted by Crippen LogP contribution is 2.17. The summed E-state index contributed by atoms with van der Waals surface area (Å²) in [6.45, 7) is 8.07. The highest BCUT2D eigenvalue weighted by molar-refractivity contribution is 5.76. The van der Waals surface area contributed by atoms with Crippen molar-refractivity contribution in [2.75, 3.05) is 26.2 Å². The molecule has 0 bridgehead atoms. The number of nitrogens with one attached hydrogen (secondary N) is 2. The first kappa shape index (κ1) is 21.2. The summed E-state index contributed by atoms with van der Waals surface area (Å²) >= 11 is 0. The van der Waals surface area contributed by atoms with E-state index in [1.54, 1.807) is 0 Å². The molecule has 6 nitrogen and oxygen atoms in total. The second-order valence-electron chi connectivity index (χ2n) is 7.46. The van der Waals surface area contributed by atoms with Crippen LogP contribution in [0.3, 0.4) is 0 Å². The Morgan fingerprint density at radius 3 is 2.59 bits per heavy atom. The molecule has 0 radical (unpaired) electrons. The van der Waals surface area contributed by atoms with Gasteiger partial charge in [0.05, 0.1) is 0 Å². The van der Waals surface area contributed by atoms with E-state index in [0.717, 1.165) is 24.6 Å². The molecule has 0 saturated carbocycles. The van der Waals surface area contributed by atoms with Gasteiger partial charge in [-0.05, 0) is 50.8 Å². The minimum Gasteiger partial charge on any atom is -0.445 e. The maximum absolute atomic E-state index is 12.0. The van der Waals surface area contributed by atoms with Gasteiger partial charge in [-0.15, -0.1) is 0 Å². The van der Waals surface area contributed by atoms with Crippen LogP contribution in [0.15, 0.2) is 30.3 Å². The first-order valence-corrected chi connectivity index (χ1v) is 10.00. The van der Waals surface area contributed by atoms with Gasteiger partial charge in [0.25, 0.3) is 0 Å². The van der Waals surface area contributed by atoms with E-state index in [4.69, 9.17) is 4.74 Å². The fourth-order valence-electron chi connectivity index (χ4n) is 3.16. The summed E-state index contributed by atoms with van der Waals surface area (Å²) in [4.78, 5) is 26.0. The molecule has 1 heterocycles. The third-order valence-electron chi connectivity index (χ3n) is 5.10. The van der Waals surface area contributed by atoms with Crippen LogP contribution in [0, 0.1) is 5.92 Å². The lowest BCUT2D eigenvalue weighted by Gasteiger charge is -2.35. The molecule has 1 aliphatic rings. The molecule has 2 amide bonds. The average molecular weight is 376 g/mol. The summed E-state index contributed by atoms with van der Waals surface area (Å²) in [5, 5.41) is 5.68. The normalized spacial score (nSPS) is 16.5. The standard InChI is InChI=1S/C21H33N3O3/c1-17-10-13-24(14-11-17)18(2)15-23-20(25)9-6-12-22-21(26)27-16-19-7-4-3-5-8-19/h3-5,7-8,17-18H,6,9-16H2,1-2H3,(H,22,26)(H,23,25). The number of ether oxygens (including phenoxy) is 1. The van der Waals surface area contributed by atoms with E-state index in [9.17, 15) is 9.59 Å². The van der Waals surface area contributed by atoms with Crippen LogP contribution in [0.5, 0.6) is 0 Å². The van der Waals surface area contributed by atoms with Crippen molar-refractivity contribution >= 4 is 12.0 Å². The van der Waals surface area contributed by atoms with E-state index in [-0.39, 0.29) is 12.5 Å². The SMILES string of the molecule is CC1CCN(C(C)CNC(=O)CCCNC(=O)OCc2ccccc2)CC1. The maximum atomic E-state index is 12.0. The number of amides is 2. The van der Waals surface area contributed by atoms with Crippen molar-refractivity contribution < 1.29 is 14.3 Å². The van der Waals surface area contributed by atoms with Crippen molar-refractivity contribution in [1.82, 2.24) is 15.5 Å². The summed E-state index contributed by atoms with van der Waals surface area (Å²) in [6, 6.07) is 9.91. The molecule has 1 aliphatic heterocycles. The van der Waals surface area contributed by atoms with E-state index in [0.29, 0.717) is 32.0 Å². The molecular weight excluding hydrogens is 342 g/mol. The lowest BCUT2D eigenvalue weighted by Crippen LogP contribution is -2.45. The lowest BCUT2D eigenvalue weighted by atomic mass is 9.98. The van der Waals surface area contributed by atoms with Gasteiger partial charge in [0.2, 0.25) is 5.91 Å². The first-order valence-electron chi connectivity index (χ1n) is 10.00. The number of hydrogen-bond donors (Lipinski definition) is 2. The zero-order valence-electron chi connectivity index (χ0n) is 16.6. The number of rotatable bonds is 9. The molecule has 0 aliphatic carbocycles. The molecule has 1 fully saturated rings. The fraction of sp³-hybridized carbons (Fsp3) is 0.619. The average Bonchev–Trinajstić information content (AvgIpc) is 2.69. The molecule has 1 unspecified atom stereocenters. The molecule has 0 spiro atoms. The summed E-state index contributed by atoms with van der Waals surface area (Å²) < 4.78 is 5.13. The van der Waals surface area contributed by atoms with Crippen LogP contribution < -0.4 is 10.6 Å². The van der Waals surface area contributed by atoms with Gasteiger partial charge < -0.3 is 15.4 Å². The van der Waals surface area contributed by atoms with Crippen LogP contribution >= 0.6 is 0 Å². The topological polar surface area (TPSA) is 70.7 Å². The first-order chi connectivity index (χ1) is 13.0. The zero-order chi connectivity index (χ0) is 19.5. The van der Waals surface area contributed by atoms with Crippen LogP contribution in [0.4, 0.5) is 4.79 Å². The minimum absolute atomic E-state index is 0.0340. The van der Waals surface area contributed by atoms with Gasteiger partial charge in [-0.1, -0.05) is 37.3 Å². The van der Waals surface area contributed by atoms with Gasteiger partial charge in [0, 0.05) is 25.6 Å². The van der Waals surface area contributed by atoms with Crippen LogP contribution in [0.25, 0.3) is 0 Å². The Morgan fingerprint density at radius 2 is 1.89 bits per heavy atom. The van der Waals surface area contributed by atoms with Crippen LogP contribution in [-0.2, 0) is 16.1 Å². The lowest BCUT2D eigenvalue weighted by molar-refractivity contribution is -0.121. The van der Waals surface area contributed by atoms with Crippen molar-refractivity contribution in [3.63, 3.8) is 0 Å². The molecule has 1 saturated heterocycles. The van der Waals surface area contributed by atoms with Crippen molar-refractivity contribution in [1.29, 1.82) is 0 Å². The van der Waals surface area contributed by atoms with Crippen LogP contribution in [0.1, 0.15) is 45.1 Å². The Balaban J connectivity index is 1.49. The van der Waals surface area contributed by atoms with Gasteiger partial charge >= 0.3 is 6.09 Å². The van der Waals surface area contributed by atoms with E-state index in [1.807, 2.05) is 30.3 Å². The van der Waals surface area contributed by atoms with Crippen molar-refractivity contribution in [3.05, 3.63) is 35.9 Å². The number of alkyl carbamates (subject to hydrolysis) is 1. The highest BCUT2D eigenvalue weighted by atomic mass is 16.5. The maximum Gasteiger partial charge on any atom is 0.407 e. The Labute approximate surface area is 162 Å². The number of carbonyl (C=O) groups is 2. The van der Waals surface area contributed by atoms with Gasteiger partial charge in [-0.3, -0.25) is 9.69 Å². The van der Waals surface area contributed by atoms with Crippen molar-refractivity contribution in [2.24, 2.45) is 5.92 Å². The second-order valence-corrected chi connectivity index (χ2v) is 7.46. The van der Waals surface area contributed by atoms with Crippen molar-refractivity contribution in [3.8, 4) is 0 Å². The quantitative estimate of drug-likeness (QED) is 0.651. The number of nitrogens with zero attached hydrogens (tertiary/aromatic N) is 1. The summed E-state index contributed by atoms with van der Waals surface area (Å²) in [7, 11) is 0. The number of carbonyl (C=O) groups excluding carboxylic acids is 2. The van der Waals surface area contributed by atoms with Crippen molar-refractivity contribution in [2.45, 2.75) is 52.2 Å². The monoisotopic (exact) mass is 375 g/mol. The molecule has 1 atom stereocenters. The number of benzene rings is 1. The van der Waals surface area contributed by atoms with Crippen LogP contribution in [-0.4, -0.2) is 49.1 Å². The predicted octanol–water partition coefficient (Wildman–Crippen LogP) is 2.93. The zero-order valence-corrected chi connectivity index (χ0v) is 16.6. The largest absolute Gasteiger partial charge is 0.445 e. The predicted molar refractivity (Wildman–Crippen MR) is 106 cm³/mol. The molecule has 2 rings (SSSR count). The highest BCUT2D eigenvalue weighted by Gasteiger charge is 2.20. The smallest absolute Gasteiger partial charge is 0.407 e. The third-order valence-corrected chi connectivity index (χ3v) is 5.10. The number of piperidine rings is 1. The van der Waals surface area contributed by atoms with Gasteiger partial charge in [-0.2, -0.15) is 0 Å². The van der Waals surface area contributed by atoms with E-state index in [2.05, 4.69) is 29.4 Å². The third kappa shape index (κ3) is 8.43. The van der Waals surface area contributed by atoms with Gasteiger partial charge in [0.15, 0.2) is 0 Å². The molecule has 6 heteroatoms. The molecule has 150 valence electrons. The number of hydrogen-bond acceptors (Lipinski definition) is 4. The van der Waals surface area contributed by atoms with Crippen LogP contribution in [0.2, 0.25) is 0 Å². The molecule has 27 heavy (non-hydrogen) atoms. The molecular formula is C21H33N3O3. The summed E-state index contributed by atoms with van der Waals surface area (Å²) in [5.74, 6) is 0.849. The van der Waals surface area contributed by atoms with E-state index < -0.39 is 6.09 Å². The Kier molecular flexibility index (Phi) is 9.11. The molecule has 0 aromatic heterocycles. The number of likely N-dealkylation sites (tertiary alicyclic amines) is 1. The fourth-order valence-corrected chi connectivity index (χ4v) is 3.16. The summed E-state index contributed by atoms with van der Waals surface area (Å²) in [5.41, 5.74) is 0.948. The summed E-state index contributed by atoms with van der Waals surface area (Å²) in [6.07, 6.45) is 3.03. The Hall–Kier alpha value is -2.08. The van der Waals surface area contributed by atoms with E-state index in [1.165, 1.54) is 12.8 Å². The molecule has 1 aromatic rings.